The number of nitrogens with zero attached hydrogens (tertiary/aromatic N) is 1. The predicted molar refractivity (Wildman–Crippen MR) is 95.6 cm³/mol. The van der Waals surface area contributed by atoms with Crippen LogP contribution in [0.2, 0.25) is 0 Å². The molecule has 24 heavy (non-hydrogen) atoms. The van der Waals surface area contributed by atoms with Gasteiger partial charge >= 0.3 is 0 Å². The van der Waals surface area contributed by atoms with Gasteiger partial charge in [0.1, 0.15) is 5.25 Å². The molecule has 1 fully saturated rings. The number of likely N-dealkylation sites (tertiary alicyclic amines) is 1. The number of benzene rings is 2. The minimum absolute atomic E-state index is 0.0632. The molecule has 2 aromatic carbocycles. The zero-order valence-electron chi connectivity index (χ0n) is 13.8. The van der Waals surface area contributed by atoms with Crippen LogP contribution in [-0.4, -0.2) is 26.4 Å². The highest BCUT2D eigenvalue weighted by atomic mass is 32.2. The van der Waals surface area contributed by atoms with Crippen molar-refractivity contribution in [2.45, 2.75) is 41.9 Å². The second-order valence-corrected chi connectivity index (χ2v) is 8.85. The van der Waals surface area contributed by atoms with Gasteiger partial charge in [0.25, 0.3) is 0 Å². The number of fused-ring (bicyclic) bond motifs is 1. The van der Waals surface area contributed by atoms with Crippen molar-refractivity contribution in [1.82, 2.24) is 4.90 Å². The van der Waals surface area contributed by atoms with Crippen LogP contribution in [0, 0.1) is 0 Å². The van der Waals surface area contributed by atoms with Crippen LogP contribution >= 0.6 is 0 Å². The average molecular weight is 341 g/mol. The molecule has 0 aromatic heterocycles. The smallest absolute Gasteiger partial charge is 0.187 e. The van der Waals surface area contributed by atoms with Gasteiger partial charge in [-0.2, -0.15) is 0 Å². The largest absolute Gasteiger partial charge is 0.295 e. The van der Waals surface area contributed by atoms with Gasteiger partial charge in [-0.25, -0.2) is 8.42 Å². The quantitative estimate of drug-likeness (QED) is 0.824. The van der Waals surface area contributed by atoms with Gasteiger partial charge in [0.2, 0.25) is 0 Å². The van der Waals surface area contributed by atoms with Gasteiger partial charge in [0, 0.05) is 0 Å². The Morgan fingerprint density at radius 1 is 0.792 bits per heavy atom. The van der Waals surface area contributed by atoms with Gasteiger partial charge in [-0.15, -0.1) is 0 Å². The summed E-state index contributed by atoms with van der Waals surface area (Å²) < 4.78 is 26.6. The Hall–Kier alpha value is -1.65. The van der Waals surface area contributed by atoms with Crippen LogP contribution in [0.4, 0.5) is 0 Å². The summed E-state index contributed by atoms with van der Waals surface area (Å²) in [5, 5.41) is -0.491. The van der Waals surface area contributed by atoms with Crippen LogP contribution in [0.25, 0.3) is 0 Å². The molecule has 2 heterocycles. The Bertz CT molecular complexity index is 809. The molecule has 2 aliphatic heterocycles. The van der Waals surface area contributed by atoms with E-state index in [-0.39, 0.29) is 6.04 Å². The van der Waals surface area contributed by atoms with E-state index in [2.05, 4.69) is 4.90 Å². The van der Waals surface area contributed by atoms with Crippen LogP contribution in [0.15, 0.2) is 59.5 Å². The van der Waals surface area contributed by atoms with Crippen molar-refractivity contribution < 1.29 is 8.42 Å². The maximum absolute atomic E-state index is 13.3. The van der Waals surface area contributed by atoms with E-state index in [9.17, 15) is 8.42 Å². The third-order valence-corrected chi connectivity index (χ3v) is 7.51. The molecule has 0 radical (unpaired) electrons. The molecule has 0 saturated carbocycles. The van der Waals surface area contributed by atoms with Gasteiger partial charge < -0.3 is 0 Å². The second-order valence-electron chi connectivity index (χ2n) is 6.81. The maximum Gasteiger partial charge on any atom is 0.187 e. The monoisotopic (exact) mass is 341 g/mol. The third-order valence-electron chi connectivity index (χ3n) is 5.33. The minimum atomic E-state index is -3.35. The third kappa shape index (κ3) is 2.58. The first kappa shape index (κ1) is 15.9. The van der Waals surface area contributed by atoms with Gasteiger partial charge in [-0.3, -0.25) is 4.90 Å². The fourth-order valence-electron chi connectivity index (χ4n) is 4.22. The molecule has 2 aliphatic rings. The highest BCUT2D eigenvalue weighted by Crippen LogP contribution is 2.51. The first-order chi connectivity index (χ1) is 11.7. The lowest BCUT2D eigenvalue weighted by Crippen LogP contribution is -2.32. The molecule has 126 valence electrons. The lowest BCUT2D eigenvalue weighted by molar-refractivity contribution is 0.200. The zero-order valence-corrected chi connectivity index (χ0v) is 14.6. The van der Waals surface area contributed by atoms with Crippen molar-refractivity contribution in [2.24, 2.45) is 0 Å². The van der Waals surface area contributed by atoms with Crippen LogP contribution in [-0.2, 0) is 9.84 Å². The van der Waals surface area contributed by atoms with Gasteiger partial charge in [0.15, 0.2) is 9.84 Å². The van der Waals surface area contributed by atoms with E-state index in [0.717, 1.165) is 37.1 Å². The minimum Gasteiger partial charge on any atom is -0.295 e. The van der Waals surface area contributed by atoms with Crippen molar-refractivity contribution in [3.05, 3.63) is 65.7 Å². The average Bonchev–Trinajstić information content (AvgIpc) is 2.78. The SMILES string of the molecule is O=S1(=O)c2ccccc2C(N2CCCCCC2)C1c1ccccc1. The Kier molecular flexibility index (Phi) is 4.19. The van der Waals surface area contributed by atoms with Gasteiger partial charge in [-0.1, -0.05) is 61.4 Å². The summed E-state index contributed by atoms with van der Waals surface area (Å²) in [5.41, 5.74) is 1.89. The summed E-state index contributed by atoms with van der Waals surface area (Å²) in [7, 11) is -3.35. The van der Waals surface area contributed by atoms with E-state index < -0.39 is 15.1 Å². The molecule has 2 aromatic rings. The molecule has 0 amide bonds. The molecule has 0 N–H and O–H groups in total. The van der Waals surface area contributed by atoms with Crippen molar-refractivity contribution >= 4 is 9.84 Å². The van der Waals surface area contributed by atoms with Crippen LogP contribution in [0.3, 0.4) is 0 Å². The van der Waals surface area contributed by atoms with Gasteiger partial charge in [-0.05, 0) is 43.1 Å². The topological polar surface area (TPSA) is 37.4 Å². The standard InChI is InChI=1S/C20H23NO2S/c22-24(23)18-13-7-6-12-17(18)19(21-14-8-1-2-9-15-21)20(24)16-10-4-3-5-11-16/h3-7,10-13,19-20H,1-2,8-9,14-15H2. The second kappa shape index (κ2) is 6.34. The number of hydrogen-bond donors (Lipinski definition) is 0. The Morgan fingerprint density at radius 2 is 1.42 bits per heavy atom. The van der Waals surface area contributed by atoms with E-state index in [4.69, 9.17) is 0 Å². The van der Waals surface area contributed by atoms with Crippen LogP contribution < -0.4 is 0 Å². The van der Waals surface area contributed by atoms with Gasteiger partial charge in [0.05, 0.1) is 10.9 Å². The number of sulfone groups is 1. The Morgan fingerprint density at radius 3 is 2.12 bits per heavy atom. The summed E-state index contributed by atoms with van der Waals surface area (Å²) in [6.45, 7) is 1.97. The van der Waals surface area contributed by atoms with E-state index in [1.807, 2.05) is 48.5 Å². The number of hydrogen-bond acceptors (Lipinski definition) is 3. The van der Waals surface area contributed by atoms with Crippen molar-refractivity contribution in [2.75, 3.05) is 13.1 Å². The van der Waals surface area contributed by atoms with Crippen molar-refractivity contribution in [1.29, 1.82) is 0 Å². The van der Waals surface area contributed by atoms with E-state index in [0.29, 0.717) is 4.90 Å². The fourth-order valence-corrected chi connectivity index (χ4v) is 6.45. The van der Waals surface area contributed by atoms with Crippen LogP contribution in [0.1, 0.15) is 48.1 Å². The Labute approximate surface area is 144 Å². The molecule has 0 bridgehead atoms. The van der Waals surface area contributed by atoms with E-state index in [1.54, 1.807) is 6.07 Å². The maximum atomic E-state index is 13.3. The van der Waals surface area contributed by atoms with Crippen molar-refractivity contribution in [3.8, 4) is 0 Å². The summed E-state index contributed by atoms with van der Waals surface area (Å²) in [5.74, 6) is 0. The summed E-state index contributed by atoms with van der Waals surface area (Å²) in [6, 6.07) is 17.3. The highest BCUT2D eigenvalue weighted by molar-refractivity contribution is 7.92. The fraction of sp³-hybridized carbons (Fsp3) is 0.400. The van der Waals surface area contributed by atoms with Crippen molar-refractivity contribution in [3.63, 3.8) is 0 Å². The predicted octanol–water partition coefficient (Wildman–Crippen LogP) is 4.13. The Balaban J connectivity index is 1.86. The summed E-state index contributed by atoms with van der Waals surface area (Å²) >= 11 is 0. The zero-order chi connectivity index (χ0) is 16.6. The molecule has 0 aliphatic carbocycles. The first-order valence-electron chi connectivity index (χ1n) is 8.81. The molecular weight excluding hydrogens is 318 g/mol. The lowest BCUT2D eigenvalue weighted by atomic mass is 9.97. The van der Waals surface area contributed by atoms with Crippen LogP contribution in [0.5, 0.6) is 0 Å². The first-order valence-corrected chi connectivity index (χ1v) is 10.4. The number of rotatable bonds is 2. The summed E-state index contributed by atoms with van der Waals surface area (Å²) in [4.78, 5) is 2.93. The molecule has 3 nitrogen and oxygen atoms in total. The molecule has 2 unspecified atom stereocenters. The normalized spacial score (nSPS) is 26.7. The molecule has 1 saturated heterocycles. The molecule has 2 atom stereocenters. The molecule has 4 heteroatoms. The van der Waals surface area contributed by atoms with E-state index in [1.165, 1.54) is 12.8 Å². The summed E-state index contributed by atoms with van der Waals surface area (Å²) in [6.07, 6.45) is 4.79. The molecule has 0 spiro atoms. The molecule has 4 rings (SSSR count). The molecular formula is C20H23NO2S. The lowest BCUT2D eigenvalue weighted by Gasteiger charge is -2.32. The van der Waals surface area contributed by atoms with E-state index >= 15 is 0 Å². The highest BCUT2D eigenvalue weighted by Gasteiger charge is 2.48.